The third-order valence-electron chi connectivity index (χ3n) is 3.93. The highest BCUT2D eigenvalue weighted by molar-refractivity contribution is 7.10. The van der Waals surface area contributed by atoms with Gasteiger partial charge >= 0.3 is 0 Å². The van der Waals surface area contributed by atoms with E-state index in [2.05, 4.69) is 35.5 Å². The topological polar surface area (TPSA) is 15.3 Å². The molecule has 0 aliphatic carbocycles. The zero-order valence-electron chi connectivity index (χ0n) is 12.5. The van der Waals surface area contributed by atoms with Gasteiger partial charge in [-0.1, -0.05) is 19.9 Å². The van der Waals surface area contributed by atoms with Crippen LogP contribution in [0.1, 0.15) is 29.9 Å². The van der Waals surface area contributed by atoms with Crippen molar-refractivity contribution in [2.24, 2.45) is 0 Å². The molecule has 0 atom stereocenters. The first-order valence-corrected chi connectivity index (χ1v) is 8.34. The Morgan fingerprint density at radius 3 is 3.00 bits per heavy atom. The monoisotopic (exact) mass is 304 g/mol. The van der Waals surface area contributed by atoms with Crippen LogP contribution in [0.25, 0.3) is 0 Å². The van der Waals surface area contributed by atoms with Crippen LogP contribution in [-0.4, -0.2) is 12.6 Å². The molecule has 0 fully saturated rings. The highest BCUT2D eigenvalue weighted by Gasteiger charge is 2.20. The molecular formula is C17H21FN2S. The van der Waals surface area contributed by atoms with Gasteiger partial charge in [0.2, 0.25) is 0 Å². The second kappa shape index (κ2) is 6.16. The maximum absolute atomic E-state index is 14.2. The molecule has 0 spiro atoms. The minimum Gasteiger partial charge on any atom is -0.366 e. The van der Waals surface area contributed by atoms with E-state index in [1.54, 1.807) is 6.07 Å². The van der Waals surface area contributed by atoms with Crippen molar-refractivity contribution in [1.82, 2.24) is 5.32 Å². The van der Waals surface area contributed by atoms with E-state index in [9.17, 15) is 4.39 Å². The van der Waals surface area contributed by atoms with Crippen molar-refractivity contribution in [3.8, 4) is 0 Å². The first-order chi connectivity index (χ1) is 10.1. The highest BCUT2D eigenvalue weighted by Crippen LogP contribution is 2.30. The first-order valence-electron chi connectivity index (χ1n) is 7.46. The SMILES string of the molecule is CC(C)NCc1c(F)cccc1N1CCc2sccc2C1. The molecule has 1 aliphatic heterocycles. The van der Waals surface area contributed by atoms with Gasteiger partial charge in [0.05, 0.1) is 0 Å². The van der Waals surface area contributed by atoms with E-state index in [4.69, 9.17) is 0 Å². The Balaban J connectivity index is 1.86. The summed E-state index contributed by atoms with van der Waals surface area (Å²) in [6.07, 6.45) is 1.06. The van der Waals surface area contributed by atoms with Gasteiger partial charge in [0.1, 0.15) is 5.82 Å². The lowest BCUT2D eigenvalue weighted by Crippen LogP contribution is -2.31. The molecule has 1 N–H and O–H groups in total. The summed E-state index contributed by atoms with van der Waals surface area (Å²) in [5, 5.41) is 5.49. The molecule has 1 aliphatic rings. The number of nitrogens with zero attached hydrogens (tertiary/aromatic N) is 1. The molecule has 2 aromatic rings. The summed E-state index contributed by atoms with van der Waals surface area (Å²) in [6, 6.07) is 7.95. The third-order valence-corrected chi connectivity index (χ3v) is 4.95. The van der Waals surface area contributed by atoms with Gasteiger partial charge in [-0.2, -0.15) is 0 Å². The predicted molar refractivity (Wildman–Crippen MR) is 87.4 cm³/mol. The van der Waals surface area contributed by atoms with Crippen molar-refractivity contribution in [1.29, 1.82) is 0 Å². The van der Waals surface area contributed by atoms with E-state index in [1.807, 2.05) is 23.5 Å². The van der Waals surface area contributed by atoms with Crippen LogP contribution in [0.3, 0.4) is 0 Å². The normalized spacial score (nSPS) is 14.6. The molecule has 0 radical (unpaired) electrons. The van der Waals surface area contributed by atoms with Crippen molar-refractivity contribution < 1.29 is 4.39 Å². The Kier molecular flexibility index (Phi) is 4.27. The van der Waals surface area contributed by atoms with Crippen LogP contribution in [0.4, 0.5) is 10.1 Å². The Bertz CT molecular complexity index is 621. The second-order valence-electron chi connectivity index (χ2n) is 5.81. The highest BCUT2D eigenvalue weighted by atomic mass is 32.1. The van der Waals surface area contributed by atoms with Crippen LogP contribution < -0.4 is 10.2 Å². The Hall–Kier alpha value is -1.39. The number of nitrogens with one attached hydrogen (secondary N) is 1. The molecule has 21 heavy (non-hydrogen) atoms. The summed E-state index contributed by atoms with van der Waals surface area (Å²) in [5.41, 5.74) is 3.20. The van der Waals surface area contributed by atoms with Gasteiger partial charge in [-0.05, 0) is 35.6 Å². The van der Waals surface area contributed by atoms with Crippen molar-refractivity contribution in [3.63, 3.8) is 0 Å². The quantitative estimate of drug-likeness (QED) is 0.920. The van der Waals surface area contributed by atoms with E-state index >= 15 is 0 Å². The van der Waals surface area contributed by atoms with Gasteiger partial charge in [-0.15, -0.1) is 11.3 Å². The molecule has 0 saturated carbocycles. The van der Waals surface area contributed by atoms with E-state index in [-0.39, 0.29) is 5.82 Å². The van der Waals surface area contributed by atoms with E-state index in [0.717, 1.165) is 30.8 Å². The van der Waals surface area contributed by atoms with Crippen LogP contribution in [0.5, 0.6) is 0 Å². The molecular weight excluding hydrogens is 283 g/mol. The van der Waals surface area contributed by atoms with Crippen molar-refractivity contribution in [2.45, 2.75) is 39.4 Å². The zero-order chi connectivity index (χ0) is 14.8. The fourth-order valence-electron chi connectivity index (χ4n) is 2.78. The first kappa shape index (κ1) is 14.5. The third kappa shape index (κ3) is 3.11. The molecule has 1 aromatic heterocycles. The van der Waals surface area contributed by atoms with E-state index < -0.39 is 0 Å². The van der Waals surface area contributed by atoms with E-state index in [0.29, 0.717) is 12.6 Å². The van der Waals surface area contributed by atoms with Gasteiger partial charge in [-0.3, -0.25) is 0 Å². The smallest absolute Gasteiger partial charge is 0.129 e. The maximum atomic E-state index is 14.2. The number of thiophene rings is 1. The summed E-state index contributed by atoms with van der Waals surface area (Å²) >= 11 is 1.83. The number of rotatable bonds is 4. The number of fused-ring (bicyclic) bond motifs is 1. The largest absolute Gasteiger partial charge is 0.366 e. The molecule has 0 bridgehead atoms. The summed E-state index contributed by atoms with van der Waals surface area (Å²) < 4.78 is 14.2. The van der Waals surface area contributed by atoms with Gasteiger partial charge in [-0.25, -0.2) is 4.39 Å². The lowest BCUT2D eigenvalue weighted by atomic mass is 10.1. The number of anilines is 1. The molecule has 0 amide bonds. The Morgan fingerprint density at radius 1 is 1.33 bits per heavy atom. The van der Waals surface area contributed by atoms with E-state index in [1.165, 1.54) is 10.4 Å². The number of halogens is 1. The molecule has 0 unspecified atom stereocenters. The lowest BCUT2D eigenvalue weighted by molar-refractivity contribution is 0.551. The standard InChI is InChI=1S/C17H21FN2S/c1-12(2)19-10-14-15(18)4-3-5-16(14)20-8-6-17-13(11-20)7-9-21-17/h3-5,7,9,12,19H,6,8,10-11H2,1-2H3. The van der Waals surface area contributed by atoms with Crippen LogP contribution >= 0.6 is 11.3 Å². The molecule has 2 heterocycles. The molecule has 4 heteroatoms. The van der Waals surface area contributed by atoms with Crippen LogP contribution in [-0.2, 0) is 19.5 Å². The molecule has 2 nitrogen and oxygen atoms in total. The van der Waals surface area contributed by atoms with Gasteiger partial charge < -0.3 is 10.2 Å². The van der Waals surface area contributed by atoms with Crippen LogP contribution in [0.15, 0.2) is 29.6 Å². The molecule has 3 rings (SSSR count). The van der Waals surface area contributed by atoms with Gasteiger partial charge in [0.25, 0.3) is 0 Å². The average Bonchev–Trinajstić information content (AvgIpc) is 2.92. The Morgan fingerprint density at radius 2 is 2.19 bits per heavy atom. The zero-order valence-corrected chi connectivity index (χ0v) is 13.3. The van der Waals surface area contributed by atoms with Crippen LogP contribution in [0, 0.1) is 5.82 Å². The Labute approximate surface area is 129 Å². The second-order valence-corrected chi connectivity index (χ2v) is 6.81. The number of hydrogen-bond donors (Lipinski definition) is 1. The van der Waals surface area contributed by atoms with Gasteiger partial charge in [0, 0.05) is 41.8 Å². The number of benzene rings is 1. The van der Waals surface area contributed by atoms with Crippen LogP contribution in [0.2, 0.25) is 0 Å². The molecule has 1 aromatic carbocycles. The maximum Gasteiger partial charge on any atom is 0.129 e. The fraction of sp³-hybridized carbons (Fsp3) is 0.412. The number of hydrogen-bond acceptors (Lipinski definition) is 3. The summed E-state index contributed by atoms with van der Waals surface area (Å²) in [6.45, 7) is 6.59. The van der Waals surface area contributed by atoms with Gasteiger partial charge in [0.15, 0.2) is 0 Å². The lowest BCUT2D eigenvalue weighted by Gasteiger charge is -2.31. The fourth-order valence-corrected chi connectivity index (χ4v) is 3.67. The molecule has 0 saturated heterocycles. The van der Waals surface area contributed by atoms with Crippen molar-refractivity contribution in [2.75, 3.05) is 11.4 Å². The summed E-state index contributed by atoms with van der Waals surface area (Å²) in [5.74, 6) is -0.114. The summed E-state index contributed by atoms with van der Waals surface area (Å²) in [4.78, 5) is 3.78. The average molecular weight is 304 g/mol. The van der Waals surface area contributed by atoms with Crippen molar-refractivity contribution in [3.05, 3.63) is 51.5 Å². The minimum atomic E-state index is -0.114. The van der Waals surface area contributed by atoms with Crippen molar-refractivity contribution >= 4 is 17.0 Å². The summed E-state index contributed by atoms with van der Waals surface area (Å²) in [7, 11) is 0. The minimum absolute atomic E-state index is 0.114. The predicted octanol–water partition coefficient (Wildman–Crippen LogP) is 3.95. The molecule has 112 valence electrons.